The Morgan fingerprint density at radius 1 is 1.12 bits per heavy atom. The minimum Gasteiger partial charge on any atom is -0.497 e. The fourth-order valence-electron chi connectivity index (χ4n) is 2.26. The molecule has 5 nitrogen and oxygen atoms in total. The van der Waals surface area contributed by atoms with Gasteiger partial charge in [0.1, 0.15) is 5.75 Å². The van der Waals surface area contributed by atoms with Gasteiger partial charge in [0.05, 0.1) is 13.0 Å². The number of nitrogens with one attached hydrogen (secondary N) is 1. The van der Waals surface area contributed by atoms with E-state index < -0.39 is 11.9 Å². The van der Waals surface area contributed by atoms with E-state index in [0.29, 0.717) is 17.9 Å². The zero-order valence-corrected chi connectivity index (χ0v) is 15.3. The van der Waals surface area contributed by atoms with Crippen LogP contribution in [0.3, 0.4) is 0 Å². The Morgan fingerprint density at radius 3 is 2.29 bits per heavy atom. The molecular formula is C18H18INO4. The molecule has 0 aliphatic carbocycles. The topological polar surface area (TPSA) is 75.6 Å². The molecule has 0 aliphatic heterocycles. The first-order valence-corrected chi connectivity index (χ1v) is 8.47. The molecule has 0 unspecified atom stereocenters. The van der Waals surface area contributed by atoms with Gasteiger partial charge in [-0.3, -0.25) is 9.59 Å². The van der Waals surface area contributed by atoms with Gasteiger partial charge in [0, 0.05) is 15.7 Å². The lowest BCUT2D eigenvalue weighted by Gasteiger charge is -2.13. The molecule has 0 bridgehead atoms. The number of carboxylic acid groups (broad SMARTS) is 1. The van der Waals surface area contributed by atoms with E-state index in [1.54, 1.807) is 31.4 Å². The Labute approximate surface area is 154 Å². The van der Waals surface area contributed by atoms with Gasteiger partial charge < -0.3 is 15.2 Å². The van der Waals surface area contributed by atoms with Gasteiger partial charge in [0.2, 0.25) is 5.91 Å². The van der Waals surface area contributed by atoms with Crippen molar-refractivity contribution in [2.75, 3.05) is 12.4 Å². The Kier molecular flexibility index (Phi) is 6.60. The Bertz CT molecular complexity index is 698. The third-order valence-corrected chi connectivity index (χ3v) is 4.27. The van der Waals surface area contributed by atoms with Gasteiger partial charge in [-0.1, -0.05) is 12.1 Å². The largest absolute Gasteiger partial charge is 0.497 e. The summed E-state index contributed by atoms with van der Waals surface area (Å²) >= 11 is 2.18. The van der Waals surface area contributed by atoms with Crippen molar-refractivity contribution in [1.82, 2.24) is 0 Å². The number of ether oxygens (including phenoxy) is 1. The van der Waals surface area contributed by atoms with E-state index in [9.17, 15) is 14.7 Å². The quantitative estimate of drug-likeness (QED) is 0.647. The van der Waals surface area contributed by atoms with Crippen LogP contribution < -0.4 is 10.1 Å². The monoisotopic (exact) mass is 439 g/mol. The van der Waals surface area contributed by atoms with E-state index in [2.05, 4.69) is 27.9 Å². The predicted octanol–water partition coefficient (Wildman–Crippen LogP) is 3.57. The molecule has 2 N–H and O–H groups in total. The first-order valence-electron chi connectivity index (χ1n) is 7.39. The van der Waals surface area contributed by atoms with Gasteiger partial charge in [-0.25, -0.2) is 0 Å². The predicted molar refractivity (Wildman–Crippen MR) is 100 cm³/mol. The number of carbonyl (C=O) groups is 2. The molecular weight excluding hydrogens is 421 g/mol. The Morgan fingerprint density at radius 2 is 1.75 bits per heavy atom. The molecule has 1 amide bonds. The van der Waals surface area contributed by atoms with Crippen molar-refractivity contribution < 1.29 is 19.4 Å². The summed E-state index contributed by atoms with van der Waals surface area (Å²) in [6, 6.07) is 14.5. The van der Waals surface area contributed by atoms with E-state index in [-0.39, 0.29) is 12.3 Å². The van der Waals surface area contributed by atoms with Crippen molar-refractivity contribution in [1.29, 1.82) is 0 Å². The van der Waals surface area contributed by atoms with Gasteiger partial charge in [0.25, 0.3) is 0 Å². The average Bonchev–Trinajstić information content (AvgIpc) is 2.57. The van der Waals surface area contributed by atoms with E-state index in [1.165, 1.54) is 0 Å². The molecule has 0 radical (unpaired) electrons. The molecule has 0 heterocycles. The molecule has 0 fully saturated rings. The molecule has 2 rings (SSSR count). The van der Waals surface area contributed by atoms with E-state index in [4.69, 9.17) is 4.74 Å². The molecule has 0 spiro atoms. The van der Waals surface area contributed by atoms with E-state index >= 15 is 0 Å². The van der Waals surface area contributed by atoms with Crippen molar-refractivity contribution >= 4 is 40.2 Å². The third-order valence-electron chi connectivity index (χ3n) is 3.55. The lowest BCUT2D eigenvalue weighted by atomic mass is 9.96. The van der Waals surface area contributed by atoms with Crippen LogP contribution in [-0.2, 0) is 16.0 Å². The van der Waals surface area contributed by atoms with Crippen LogP contribution in [0.25, 0.3) is 0 Å². The van der Waals surface area contributed by atoms with Crippen LogP contribution in [0.4, 0.5) is 5.69 Å². The molecule has 1 atom stereocenters. The fraction of sp³-hybridized carbons (Fsp3) is 0.222. The first-order chi connectivity index (χ1) is 11.5. The highest BCUT2D eigenvalue weighted by Gasteiger charge is 2.22. The number of carboxylic acids is 1. The summed E-state index contributed by atoms with van der Waals surface area (Å²) in [5, 5.41) is 12.1. The molecule has 0 aromatic heterocycles. The van der Waals surface area contributed by atoms with Gasteiger partial charge >= 0.3 is 5.97 Å². The van der Waals surface area contributed by atoms with Crippen LogP contribution in [0, 0.1) is 9.49 Å². The second-order valence-electron chi connectivity index (χ2n) is 5.35. The number of methoxy groups -OCH3 is 1. The minimum atomic E-state index is -0.983. The minimum absolute atomic E-state index is 0.0760. The number of hydrogen-bond acceptors (Lipinski definition) is 3. The number of aliphatic carboxylic acids is 1. The van der Waals surface area contributed by atoms with E-state index in [1.807, 2.05) is 24.3 Å². The summed E-state index contributed by atoms with van der Waals surface area (Å²) in [6.45, 7) is 0. The van der Waals surface area contributed by atoms with Crippen molar-refractivity contribution in [3.05, 3.63) is 57.7 Å². The fourth-order valence-corrected chi connectivity index (χ4v) is 2.62. The van der Waals surface area contributed by atoms with Crippen LogP contribution in [0.2, 0.25) is 0 Å². The van der Waals surface area contributed by atoms with Crippen LogP contribution in [0.15, 0.2) is 48.5 Å². The standard InChI is InChI=1S/C18H18INO4/c1-24-16-8-2-12(3-9-16)10-13(18(22)23)11-17(21)20-15-6-4-14(19)5-7-15/h2-9,13H,10-11H2,1H3,(H,20,21)(H,22,23)/t13-/m1/s1. The zero-order chi connectivity index (χ0) is 17.5. The van der Waals surface area contributed by atoms with Gasteiger partial charge in [-0.2, -0.15) is 0 Å². The number of hydrogen-bond donors (Lipinski definition) is 2. The lowest BCUT2D eigenvalue weighted by molar-refractivity contribution is -0.143. The molecule has 0 aliphatic rings. The maximum absolute atomic E-state index is 12.1. The lowest BCUT2D eigenvalue weighted by Crippen LogP contribution is -2.24. The van der Waals surface area contributed by atoms with Crippen molar-refractivity contribution in [3.63, 3.8) is 0 Å². The average molecular weight is 439 g/mol. The number of benzene rings is 2. The summed E-state index contributed by atoms with van der Waals surface area (Å²) in [6.07, 6.45) is 0.215. The highest BCUT2D eigenvalue weighted by atomic mass is 127. The smallest absolute Gasteiger partial charge is 0.307 e. The number of rotatable bonds is 7. The highest BCUT2D eigenvalue weighted by Crippen LogP contribution is 2.18. The molecule has 24 heavy (non-hydrogen) atoms. The van der Waals surface area contributed by atoms with Crippen molar-refractivity contribution in [2.24, 2.45) is 5.92 Å². The summed E-state index contributed by atoms with van der Waals surface area (Å²) < 4.78 is 6.14. The maximum atomic E-state index is 12.1. The van der Waals surface area contributed by atoms with Gasteiger partial charge in [0.15, 0.2) is 0 Å². The van der Waals surface area contributed by atoms with Crippen LogP contribution >= 0.6 is 22.6 Å². The van der Waals surface area contributed by atoms with Crippen LogP contribution in [0.5, 0.6) is 5.75 Å². The number of anilines is 1. The number of carbonyl (C=O) groups excluding carboxylic acids is 1. The molecule has 2 aromatic rings. The van der Waals surface area contributed by atoms with Gasteiger partial charge in [-0.15, -0.1) is 0 Å². The molecule has 0 saturated carbocycles. The molecule has 6 heteroatoms. The zero-order valence-electron chi connectivity index (χ0n) is 13.2. The van der Waals surface area contributed by atoms with Crippen molar-refractivity contribution in [3.8, 4) is 5.75 Å². The number of amides is 1. The van der Waals surface area contributed by atoms with E-state index in [0.717, 1.165) is 9.13 Å². The SMILES string of the molecule is COc1ccc(C[C@H](CC(=O)Nc2ccc(I)cc2)C(=O)O)cc1. The third kappa shape index (κ3) is 5.52. The van der Waals surface area contributed by atoms with Crippen LogP contribution in [0.1, 0.15) is 12.0 Å². The summed E-state index contributed by atoms with van der Waals surface area (Å²) in [4.78, 5) is 23.6. The normalized spacial score (nSPS) is 11.6. The summed E-state index contributed by atoms with van der Waals surface area (Å²) in [5.41, 5.74) is 1.51. The highest BCUT2D eigenvalue weighted by molar-refractivity contribution is 14.1. The Hall–Kier alpha value is -2.09. The van der Waals surface area contributed by atoms with Crippen molar-refractivity contribution in [2.45, 2.75) is 12.8 Å². The molecule has 126 valence electrons. The maximum Gasteiger partial charge on any atom is 0.307 e. The molecule has 0 saturated heterocycles. The second kappa shape index (κ2) is 8.68. The Balaban J connectivity index is 1.97. The summed E-state index contributed by atoms with van der Waals surface area (Å²) in [7, 11) is 1.57. The van der Waals surface area contributed by atoms with Gasteiger partial charge in [-0.05, 0) is 71.0 Å². The summed E-state index contributed by atoms with van der Waals surface area (Å²) in [5.74, 6) is -1.36. The first kappa shape index (κ1) is 18.3. The molecule has 2 aromatic carbocycles. The second-order valence-corrected chi connectivity index (χ2v) is 6.59. The van der Waals surface area contributed by atoms with Crippen LogP contribution in [-0.4, -0.2) is 24.1 Å². The number of halogens is 1.